The van der Waals surface area contributed by atoms with E-state index in [-0.39, 0.29) is 23.2 Å². The largest absolute Gasteiger partial charge is 0.497 e. The Labute approximate surface area is 134 Å². The van der Waals surface area contributed by atoms with E-state index in [0.717, 1.165) is 4.57 Å². The van der Waals surface area contributed by atoms with Gasteiger partial charge >= 0.3 is 5.69 Å². The second-order valence-electron chi connectivity index (χ2n) is 5.24. The molecule has 0 aliphatic carbocycles. The van der Waals surface area contributed by atoms with Crippen molar-refractivity contribution in [1.82, 2.24) is 19.3 Å². The minimum atomic E-state index is -2.74. The van der Waals surface area contributed by atoms with Crippen molar-refractivity contribution in [3.8, 4) is 5.75 Å². The van der Waals surface area contributed by atoms with Crippen molar-refractivity contribution in [3.63, 3.8) is 0 Å². The van der Waals surface area contributed by atoms with Crippen molar-refractivity contribution in [3.05, 3.63) is 56.5 Å². The lowest BCUT2D eigenvalue weighted by molar-refractivity contribution is 0.150. The zero-order valence-electron chi connectivity index (χ0n) is 12.9. The van der Waals surface area contributed by atoms with E-state index in [1.807, 2.05) is 0 Å². The van der Waals surface area contributed by atoms with Crippen LogP contribution >= 0.6 is 0 Å². The number of fused-ring (bicyclic) bond motifs is 1. The predicted octanol–water partition coefficient (Wildman–Crippen LogP) is 1.42. The van der Waals surface area contributed by atoms with Gasteiger partial charge in [0.15, 0.2) is 0 Å². The number of aromatic nitrogens is 4. The molecule has 24 heavy (non-hydrogen) atoms. The fourth-order valence-electron chi connectivity index (χ4n) is 2.51. The minimum absolute atomic E-state index is 0.0204. The molecule has 1 aromatic carbocycles. The van der Waals surface area contributed by atoms with E-state index in [9.17, 15) is 18.4 Å². The highest BCUT2D eigenvalue weighted by molar-refractivity contribution is 5.78. The molecule has 0 saturated carbocycles. The molecule has 0 radical (unpaired) electrons. The lowest BCUT2D eigenvalue weighted by atomic mass is 10.2. The predicted molar refractivity (Wildman–Crippen MR) is 82.6 cm³/mol. The Morgan fingerprint density at radius 3 is 2.75 bits per heavy atom. The van der Waals surface area contributed by atoms with Gasteiger partial charge in [-0.05, 0) is 12.1 Å². The molecule has 0 amide bonds. The Bertz CT molecular complexity index is 1020. The highest BCUT2D eigenvalue weighted by Gasteiger charge is 2.19. The summed E-state index contributed by atoms with van der Waals surface area (Å²) < 4.78 is 33.2. The molecule has 0 aliphatic rings. The molecule has 0 saturated heterocycles. The number of nitrogens with zero attached hydrogens (tertiary/aromatic N) is 3. The van der Waals surface area contributed by atoms with Gasteiger partial charge in [0, 0.05) is 19.3 Å². The Balaban J connectivity index is 2.14. The fraction of sp³-hybridized carbons (Fsp3) is 0.267. The lowest BCUT2D eigenvalue weighted by Gasteiger charge is -2.07. The van der Waals surface area contributed by atoms with Crippen LogP contribution < -0.4 is 16.0 Å². The second kappa shape index (κ2) is 5.91. The second-order valence-corrected chi connectivity index (χ2v) is 5.24. The standard InChI is InChI=1S/C15H14F2N4O3/c1-20-6-10(13(16)17)12(19-20)7-21-14(22)9-4-3-8(24-2)5-11(9)18-15(21)23/h3-6,13H,7H2,1-2H3,(H,18,23). The number of benzene rings is 1. The molecule has 0 spiro atoms. The van der Waals surface area contributed by atoms with E-state index in [1.165, 1.54) is 37.2 Å². The number of alkyl halides is 2. The minimum Gasteiger partial charge on any atom is -0.497 e. The van der Waals surface area contributed by atoms with Crippen LogP contribution in [0.1, 0.15) is 17.7 Å². The van der Waals surface area contributed by atoms with Crippen molar-refractivity contribution in [1.29, 1.82) is 0 Å². The smallest absolute Gasteiger partial charge is 0.329 e. The molecule has 1 N–H and O–H groups in total. The van der Waals surface area contributed by atoms with E-state index < -0.39 is 17.7 Å². The SMILES string of the molecule is COc1ccc2c(=O)n(Cc3nn(C)cc3C(F)F)c(=O)[nH]c2c1. The number of hydrogen-bond donors (Lipinski definition) is 1. The van der Waals surface area contributed by atoms with Crippen molar-refractivity contribution in [2.75, 3.05) is 7.11 Å². The Kier molecular flexibility index (Phi) is 3.92. The van der Waals surface area contributed by atoms with Crippen LogP contribution in [0.5, 0.6) is 5.75 Å². The van der Waals surface area contributed by atoms with Gasteiger partial charge in [-0.2, -0.15) is 5.10 Å². The summed E-state index contributed by atoms with van der Waals surface area (Å²) in [5.41, 5.74) is -1.30. The van der Waals surface area contributed by atoms with Gasteiger partial charge in [0.05, 0.1) is 35.8 Å². The van der Waals surface area contributed by atoms with Crippen molar-refractivity contribution in [2.24, 2.45) is 7.05 Å². The molecule has 0 atom stereocenters. The van der Waals surface area contributed by atoms with Gasteiger partial charge in [-0.3, -0.25) is 14.0 Å². The molecule has 2 aromatic heterocycles. The maximum absolute atomic E-state index is 13.0. The van der Waals surface area contributed by atoms with Crippen LogP contribution in [0.25, 0.3) is 10.9 Å². The van der Waals surface area contributed by atoms with Crippen molar-refractivity contribution >= 4 is 10.9 Å². The van der Waals surface area contributed by atoms with E-state index >= 15 is 0 Å². The van der Waals surface area contributed by atoms with Crippen LogP contribution in [0.3, 0.4) is 0 Å². The van der Waals surface area contributed by atoms with Crippen molar-refractivity contribution < 1.29 is 13.5 Å². The average Bonchev–Trinajstić information content (AvgIpc) is 2.91. The zero-order chi connectivity index (χ0) is 17.4. The fourth-order valence-corrected chi connectivity index (χ4v) is 2.51. The summed E-state index contributed by atoms with van der Waals surface area (Å²) in [5, 5.41) is 4.18. The summed E-state index contributed by atoms with van der Waals surface area (Å²) >= 11 is 0. The molecule has 9 heteroatoms. The number of H-pyrrole nitrogens is 1. The number of aryl methyl sites for hydroxylation is 1. The van der Waals surface area contributed by atoms with Crippen LogP contribution in [0.15, 0.2) is 34.0 Å². The Morgan fingerprint density at radius 1 is 1.33 bits per heavy atom. The molecule has 0 unspecified atom stereocenters. The van der Waals surface area contributed by atoms with Crippen LogP contribution in [-0.4, -0.2) is 26.4 Å². The molecule has 3 rings (SSSR count). The molecule has 126 valence electrons. The van der Waals surface area contributed by atoms with Gasteiger partial charge < -0.3 is 9.72 Å². The van der Waals surface area contributed by atoms with Gasteiger partial charge in [0.25, 0.3) is 12.0 Å². The molecule has 3 aromatic rings. The highest BCUT2D eigenvalue weighted by atomic mass is 19.3. The molecule has 0 aliphatic heterocycles. The van der Waals surface area contributed by atoms with Crippen LogP contribution in [0, 0.1) is 0 Å². The summed E-state index contributed by atoms with van der Waals surface area (Å²) in [7, 11) is 2.96. The number of ether oxygens (including phenoxy) is 1. The third kappa shape index (κ3) is 2.68. The first kappa shape index (κ1) is 15.9. The van der Waals surface area contributed by atoms with E-state index in [2.05, 4.69) is 10.1 Å². The molecular weight excluding hydrogens is 322 g/mol. The Hall–Kier alpha value is -2.97. The average molecular weight is 336 g/mol. The first-order valence-corrected chi connectivity index (χ1v) is 7.02. The quantitative estimate of drug-likeness (QED) is 0.781. The molecule has 0 fully saturated rings. The van der Waals surface area contributed by atoms with Crippen LogP contribution in [0.2, 0.25) is 0 Å². The van der Waals surface area contributed by atoms with Gasteiger partial charge in [-0.1, -0.05) is 0 Å². The summed E-state index contributed by atoms with van der Waals surface area (Å²) in [6.07, 6.45) is -1.57. The monoisotopic (exact) mass is 336 g/mol. The number of rotatable bonds is 4. The maximum atomic E-state index is 13.0. The summed E-state index contributed by atoms with van der Waals surface area (Å²) in [6, 6.07) is 4.61. The van der Waals surface area contributed by atoms with E-state index in [0.29, 0.717) is 11.3 Å². The van der Waals surface area contributed by atoms with Gasteiger partial charge in [0.2, 0.25) is 0 Å². The zero-order valence-corrected chi connectivity index (χ0v) is 12.9. The first-order chi connectivity index (χ1) is 11.4. The summed E-state index contributed by atoms with van der Waals surface area (Å²) in [5.74, 6) is 0.486. The molecule has 2 heterocycles. The summed E-state index contributed by atoms with van der Waals surface area (Å²) in [4.78, 5) is 27.3. The number of hydrogen-bond acceptors (Lipinski definition) is 4. The van der Waals surface area contributed by atoms with Crippen LogP contribution in [-0.2, 0) is 13.6 Å². The molecular formula is C15H14F2N4O3. The molecule has 7 nitrogen and oxygen atoms in total. The third-order valence-electron chi connectivity index (χ3n) is 3.67. The van der Waals surface area contributed by atoms with Gasteiger partial charge in [0.1, 0.15) is 5.75 Å². The first-order valence-electron chi connectivity index (χ1n) is 7.02. The number of methoxy groups -OCH3 is 1. The third-order valence-corrected chi connectivity index (χ3v) is 3.67. The van der Waals surface area contributed by atoms with Gasteiger partial charge in [-0.25, -0.2) is 13.6 Å². The maximum Gasteiger partial charge on any atom is 0.329 e. The van der Waals surface area contributed by atoms with Gasteiger partial charge in [-0.15, -0.1) is 0 Å². The van der Waals surface area contributed by atoms with E-state index in [4.69, 9.17) is 4.74 Å². The Morgan fingerprint density at radius 2 is 2.08 bits per heavy atom. The lowest BCUT2D eigenvalue weighted by Crippen LogP contribution is -2.35. The molecule has 0 bridgehead atoms. The number of halogens is 2. The topological polar surface area (TPSA) is 81.9 Å². The number of nitrogens with one attached hydrogen (secondary N) is 1. The normalized spacial score (nSPS) is 11.4. The highest BCUT2D eigenvalue weighted by Crippen LogP contribution is 2.22. The van der Waals surface area contributed by atoms with Crippen molar-refractivity contribution in [2.45, 2.75) is 13.0 Å². The summed E-state index contributed by atoms with van der Waals surface area (Å²) in [6.45, 7) is -0.337. The van der Waals surface area contributed by atoms with Crippen LogP contribution in [0.4, 0.5) is 8.78 Å². The number of aromatic amines is 1. The van der Waals surface area contributed by atoms with E-state index in [1.54, 1.807) is 6.07 Å².